The molecule has 0 aliphatic carbocycles. The van der Waals surface area contributed by atoms with Crippen LogP contribution >= 0.6 is 11.6 Å². The Bertz CT molecular complexity index is 1170. The lowest BCUT2D eigenvalue weighted by Crippen LogP contribution is -2.15. The topological polar surface area (TPSA) is 92.2 Å². The average Bonchev–Trinajstić information content (AvgIpc) is 2.63. The quantitative estimate of drug-likeness (QED) is 0.472. The van der Waals surface area contributed by atoms with Crippen LogP contribution in [-0.4, -0.2) is 23.5 Å². The first kappa shape index (κ1) is 19.7. The van der Waals surface area contributed by atoms with Crippen LogP contribution in [0.3, 0.4) is 0 Å². The molecule has 3 rings (SSSR count). The van der Waals surface area contributed by atoms with Gasteiger partial charge in [0.2, 0.25) is 5.28 Å². The Morgan fingerprint density at radius 1 is 1.14 bits per heavy atom. The fourth-order valence-electron chi connectivity index (χ4n) is 2.29. The van der Waals surface area contributed by atoms with E-state index in [-0.39, 0.29) is 22.3 Å². The highest BCUT2D eigenvalue weighted by Crippen LogP contribution is 2.23. The van der Waals surface area contributed by atoms with Crippen LogP contribution in [0.1, 0.15) is 11.3 Å². The lowest BCUT2D eigenvalue weighted by Gasteiger charge is -2.10. The molecule has 0 fully saturated rings. The van der Waals surface area contributed by atoms with Crippen molar-refractivity contribution >= 4 is 39.1 Å². The first-order valence-electron chi connectivity index (χ1n) is 7.72. The van der Waals surface area contributed by atoms with Gasteiger partial charge in [-0.25, -0.2) is 27.2 Å². The van der Waals surface area contributed by atoms with Gasteiger partial charge in [-0.3, -0.25) is 4.72 Å². The molecule has 3 aromatic rings. The molecule has 0 unspecified atom stereocenters. The number of rotatable bonds is 5. The Labute approximate surface area is 164 Å². The predicted octanol–water partition coefficient (Wildman–Crippen LogP) is 4.27. The smallest absolute Gasteiger partial charge is 0.264 e. The zero-order valence-electron chi connectivity index (χ0n) is 14.0. The van der Waals surface area contributed by atoms with Crippen molar-refractivity contribution < 1.29 is 22.3 Å². The van der Waals surface area contributed by atoms with Crippen molar-refractivity contribution in [1.82, 2.24) is 9.97 Å². The number of nitrogens with zero attached hydrogens (tertiary/aromatic N) is 2. The number of aliphatic hydroxyl groups excluding tert-OH is 1. The Morgan fingerprint density at radius 2 is 1.93 bits per heavy atom. The predicted molar refractivity (Wildman–Crippen MR) is 101 cm³/mol. The molecule has 6 nitrogen and oxygen atoms in total. The van der Waals surface area contributed by atoms with Crippen LogP contribution in [0.4, 0.5) is 14.5 Å². The van der Waals surface area contributed by atoms with Crippen molar-refractivity contribution in [2.75, 3.05) is 4.72 Å². The minimum absolute atomic E-state index is 0.000167. The lowest BCUT2D eigenvalue weighted by atomic mass is 10.1. The van der Waals surface area contributed by atoms with E-state index in [1.807, 2.05) is 0 Å². The second-order valence-corrected chi connectivity index (χ2v) is 7.53. The van der Waals surface area contributed by atoms with E-state index in [1.54, 1.807) is 0 Å². The van der Waals surface area contributed by atoms with Crippen LogP contribution < -0.4 is 4.72 Å². The molecule has 0 atom stereocenters. The number of sulfonamides is 1. The van der Waals surface area contributed by atoms with E-state index in [1.165, 1.54) is 42.6 Å². The van der Waals surface area contributed by atoms with Gasteiger partial charge in [0, 0.05) is 23.5 Å². The number of aliphatic hydroxyl groups is 1. The highest BCUT2D eigenvalue weighted by molar-refractivity contribution is 7.92. The Kier molecular flexibility index (Phi) is 5.57. The monoisotopic (exact) mass is 423 g/mol. The number of halogens is 3. The Balaban J connectivity index is 1.90. The summed E-state index contributed by atoms with van der Waals surface area (Å²) in [6.07, 6.45) is 2.72. The van der Waals surface area contributed by atoms with Gasteiger partial charge in [-0.05, 0) is 48.0 Å². The van der Waals surface area contributed by atoms with Gasteiger partial charge in [0.25, 0.3) is 10.0 Å². The summed E-state index contributed by atoms with van der Waals surface area (Å²) >= 11 is 5.69. The molecule has 2 N–H and O–H groups in total. The van der Waals surface area contributed by atoms with Crippen LogP contribution in [0.15, 0.2) is 59.6 Å². The molecule has 0 amide bonds. The number of nitrogens with one attached hydrogen (secondary N) is 1. The van der Waals surface area contributed by atoms with Gasteiger partial charge >= 0.3 is 0 Å². The number of hydrogen-bond acceptors (Lipinski definition) is 5. The van der Waals surface area contributed by atoms with E-state index in [2.05, 4.69) is 14.7 Å². The van der Waals surface area contributed by atoms with E-state index in [0.717, 1.165) is 12.1 Å². The molecular formula is C18H12ClF2N3O3S. The maximum absolute atomic E-state index is 13.8. The summed E-state index contributed by atoms with van der Waals surface area (Å²) in [5.41, 5.74) is 0.641. The normalized spacial score (nSPS) is 12.0. The highest BCUT2D eigenvalue weighted by Gasteiger charge is 2.20. The number of aromatic nitrogens is 2. The summed E-state index contributed by atoms with van der Waals surface area (Å²) in [6.45, 7) is 0. The van der Waals surface area contributed by atoms with E-state index in [0.29, 0.717) is 11.8 Å². The minimum atomic E-state index is -4.38. The molecule has 1 heterocycles. The van der Waals surface area contributed by atoms with Gasteiger partial charge in [-0.1, -0.05) is 12.1 Å². The van der Waals surface area contributed by atoms with Crippen LogP contribution in [0, 0.1) is 11.6 Å². The van der Waals surface area contributed by atoms with E-state index >= 15 is 0 Å². The molecule has 28 heavy (non-hydrogen) atoms. The van der Waals surface area contributed by atoms with Gasteiger partial charge in [0.15, 0.2) is 0 Å². The SMILES string of the molecule is O=S(=O)(Nc1cccc(C(O)=Cc2ccnc(Cl)n2)c1)c1cc(F)ccc1F. The van der Waals surface area contributed by atoms with Crippen molar-refractivity contribution in [3.05, 3.63) is 82.9 Å². The van der Waals surface area contributed by atoms with Crippen molar-refractivity contribution in [3.8, 4) is 0 Å². The second-order valence-electron chi connectivity index (χ2n) is 5.54. The van der Waals surface area contributed by atoms with Crippen LogP contribution in [0.5, 0.6) is 0 Å². The molecule has 0 aliphatic heterocycles. The second kappa shape index (κ2) is 7.91. The number of anilines is 1. The summed E-state index contributed by atoms with van der Waals surface area (Å²) in [5, 5.41) is 10.3. The maximum atomic E-state index is 13.8. The zero-order valence-corrected chi connectivity index (χ0v) is 15.5. The molecule has 10 heteroatoms. The van der Waals surface area contributed by atoms with Gasteiger partial charge in [-0.2, -0.15) is 0 Å². The fraction of sp³-hybridized carbons (Fsp3) is 0. The largest absolute Gasteiger partial charge is 0.507 e. The van der Waals surface area contributed by atoms with Gasteiger partial charge in [0.05, 0.1) is 5.69 Å². The zero-order chi connectivity index (χ0) is 20.3. The van der Waals surface area contributed by atoms with Crippen molar-refractivity contribution in [3.63, 3.8) is 0 Å². The molecule has 2 aromatic carbocycles. The number of hydrogen-bond donors (Lipinski definition) is 2. The van der Waals surface area contributed by atoms with Crippen LogP contribution in [0.25, 0.3) is 11.8 Å². The first-order valence-corrected chi connectivity index (χ1v) is 9.58. The summed E-state index contributed by atoms with van der Waals surface area (Å²) < 4.78 is 54.0. The fourth-order valence-corrected chi connectivity index (χ4v) is 3.58. The molecule has 0 aliphatic rings. The van der Waals surface area contributed by atoms with Crippen LogP contribution in [0.2, 0.25) is 5.28 Å². The molecule has 0 spiro atoms. The van der Waals surface area contributed by atoms with Gasteiger partial charge in [0.1, 0.15) is 22.3 Å². The van der Waals surface area contributed by atoms with Gasteiger partial charge < -0.3 is 5.11 Å². The molecule has 0 saturated heterocycles. The van der Waals surface area contributed by atoms with E-state index < -0.39 is 26.6 Å². The summed E-state index contributed by atoms with van der Waals surface area (Å²) in [5.74, 6) is -2.19. The molecule has 0 radical (unpaired) electrons. The molecule has 1 aromatic heterocycles. The summed E-state index contributed by atoms with van der Waals surface area (Å²) in [7, 11) is -4.38. The standard InChI is InChI=1S/C18H12ClF2N3O3S/c19-18-22-7-6-13(23-18)10-16(25)11-2-1-3-14(8-11)24-28(26,27)17-9-12(20)4-5-15(17)21/h1-10,24-25H. The average molecular weight is 424 g/mol. The van der Waals surface area contributed by atoms with Crippen molar-refractivity contribution in [2.24, 2.45) is 0 Å². The Hall–Kier alpha value is -3.04. The molecule has 0 saturated carbocycles. The molecule has 0 bridgehead atoms. The third-order valence-corrected chi connectivity index (χ3v) is 5.10. The molecule has 144 valence electrons. The minimum Gasteiger partial charge on any atom is -0.507 e. The van der Waals surface area contributed by atoms with Crippen molar-refractivity contribution in [2.45, 2.75) is 4.90 Å². The van der Waals surface area contributed by atoms with Crippen molar-refractivity contribution in [1.29, 1.82) is 0 Å². The number of benzene rings is 2. The third-order valence-electron chi connectivity index (χ3n) is 3.53. The highest BCUT2D eigenvalue weighted by atomic mass is 35.5. The first-order chi connectivity index (χ1) is 13.2. The van der Waals surface area contributed by atoms with Gasteiger partial charge in [-0.15, -0.1) is 0 Å². The third kappa shape index (κ3) is 4.62. The maximum Gasteiger partial charge on any atom is 0.264 e. The summed E-state index contributed by atoms with van der Waals surface area (Å²) in [4.78, 5) is 6.81. The van der Waals surface area contributed by atoms with E-state index in [4.69, 9.17) is 11.6 Å². The molecular weight excluding hydrogens is 412 g/mol. The van der Waals surface area contributed by atoms with Crippen LogP contribution in [-0.2, 0) is 10.0 Å². The summed E-state index contributed by atoms with van der Waals surface area (Å²) in [6, 6.07) is 9.36. The Morgan fingerprint density at radius 3 is 2.68 bits per heavy atom. The lowest BCUT2D eigenvalue weighted by molar-refractivity contribution is 0.515. The van der Waals surface area contributed by atoms with E-state index in [9.17, 15) is 22.3 Å².